The van der Waals surface area contributed by atoms with Gasteiger partial charge in [0.2, 0.25) is 5.01 Å². The van der Waals surface area contributed by atoms with Crippen molar-refractivity contribution in [2.75, 3.05) is 6.54 Å². The maximum atomic E-state index is 13.1. The van der Waals surface area contributed by atoms with Crippen LogP contribution < -0.4 is 0 Å². The Hall–Kier alpha value is -1.92. The predicted molar refractivity (Wildman–Crippen MR) is 94.7 cm³/mol. The van der Waals surface area contributed by atoms with E-state index in [1.54, 1.807) is 10.7 Å². The van der Waals surface area contributed by atoms with E-state index in [9.17, 15) is 4.79 Å². The Balaban J connectivity index is 1.69. The van der Waals surface area contributed by atoms with Crippen LogP contribution in [0.5, 0.6) is 0 Å². The Bertz CT molecular complexity index is 903. The molecule has 24 heavy (non-hydrogen) atoms. The molecule has 1 aliphatic rings. The lowest BCUT2D eigenvalue weighted by atomic mass is 9.95. The van der Waals surface area contributed by atoms with Crippen LogP contribution in [-0.4, -0.2) is 31.9 Å². The number of amides is 1. The number of nitrogens with zero attached hydrogens (tertiary/aromatic N) is 4. The van der Waals surface area contributed by atoms with Crippen molar-refractivity contribution in [3.63, 3.8) is 0 Å². The van der Waals surface area contributed by atoms with Gasteiger partial charge in [0.15, 0.2) is 0 Å². The Kier molecular flexibility index (Phi) is 4.02. The monoisotopic (exact) mass is 360 g/mol. The molecule has 1 amide bonds. The van der Waals surface area contributed by atoms with E-state index in [1.165, 1.54) is 11.3 Å². The van der Waals surface area contributed by atoms with Gasteiger partial charge in [-0.15, -0.1) is 5.10 Å². The number of carbonyl (C=O) groups excluding carboxylic acids is 1. The zero-order chi connectivity index (χ0) is 16.7. The first-order valence-corrected chi connectivity index (χ1v) is 9.21. The molecule has 1 fully saturated rings. The Labute approximate surface area is 148 Å². The maximum Gasteiger partial charge on any atom is 0.285 e. The third-order valence-electron chi connectivity index (χ3n) is 4.48. The molecule has 2 aromatic heterocycles. The molecule has 0 N–H and O–H groups in total. The molecule has 0 saturated carbocycles. The lowest BCUT2D eigenvalue weighted by molar-refractivity contribution is 0.0610. The summed E-state index contributed by atoms with van der Waals surface area (Å²) in [6.45, 7) is 2.62. The van der Waals surface area contributed by atoms with Crippen LogP contribution >= 0.6 is 22.9 Å². The van der Waals surface area contributed by atoms with Crippen LogP contribution in [0.2, 0.25) is 5.02 Å². The fourth-order valence-corrected chi connectivity index (χ4v) is 4.42. The third-order valence-corrected chi connectivity index (χ3v) is 5.76. The van der Waals surface area contributed by atoms with Crippen molar-refractivity contribution in [3.8, 4) is 0 Å². The minimum Gasteiger partial charge on any atom is -0.329 e. The van der Waals surface area contributed by atoms with Crippen molar-refractivity contribution in [2.24, 2.45) is 0 Å². The predicted octanol–water partition coefficient (Wildman–Crippen LogP) is 4.12. The molecule has 1 aliphatic heterocycles. The maximum absolute atomic E-state index is 13.1. The van der Waals surface area contributed by atoms with Gasteiger partial charge >= 0.3 is 0 Å². The number of carbonyl (C=O) groups is 1. The summed E-state index contributed by atoms with van der Waals surface area (Å²) in [4.78, 5) is 20.1. The van der Waals surface area contributed by atoms with E-state index in [0.717, 1.165) is 47.0 Å². The van der Waals surface area contributed by atoms with E-state index in [4.69, 9.17) is 11.6 Å². The molecular formula is C17H17ClN4OS. The summed E-state index contributed by atoms with van der Waals surface area (Å²) < 4.78 is 1.73. The molecule has 7 heteroatoms. The van der Waals surface area contributed by atoms with Crippen molar-refractivity contribution in [1.82, 2.24) is 19.5 Å². The standard InChI is InChI=1S/C17H17ClN4OS/c1-11-19-10-15-22(11)20-16(24-15)17(23)21-9-5-4-8-14(21)12-6-2-3-7-13(12)18/h2-3,6-7,10,14H,4-5,8-9H2,1H3. The fraction of sp³-hybridized carbons (Fsp3) is 0.353. The quantitative estimate of drug-likeness (QED) is 0.690. The number of fused-ring (bicyclic) bond motifs is 1. The lowest BCUT2D eigenvalue weighted by Gasteiger charge is -2.35. The molecule has 3 heterocycles. The van der Waals surface area contributed by atoms with E-state index in [2.05, 4.69) is 10.1 Å². The second-order valence-electron chi connectivity index (χ2n) is 5.99. The van der Waals surface area contributed by atoms with Crippen molar-refractivity contribution in [1.29, 1.82) is 0 Å². The molecule has 1 atom stereocenters. The van der Waals surface area contributed by atoms with Gasteiger partial charge in [-0.3, -0.25) is 4.79 Å². The van der Waals surface area contributed by atoms with Crippen LogP contribution in [0.1, 0.15) is 46.5 Å². The van der Waals surface area contributed by atoms with Crippen molar-refractivity contribution in [3.05, 3.63) is 51.9 Å². The van der Waals surface area contributed by atoms with Gasteiger partial charge in [-0.25, -0.2) is 9.50 Å². The molecule has 0 aliphatic carbocycles. The molecule has 3 aromatic rings. The summed E-state index contributed by atoms with van der Waals surface area (Å²) in [5.74, 6) is 0.773. The summed E-state index contributed by atoms with van der Waals surface area (Å²) in [6, 6.07) is 7.81. The number of hydrogen-bond donors (Lipinski definition) is 0. The highest BCUT2D eigenvalue weighted by Gasteiger charge is 2.31. The highest BCUT2D eigenvalue weighted by molar-refractivity contribution is 7.18. The van der Waals surface area contributed by atoms with Crippen molar-refractivity contribution < 1.29 is 4.79 Å². The third kappa shape index (κ3) is 2.59. The number of benzene rings is 1. The van der Waals surface area contributed by atoms with Gasteiger partial charge in [-0.1, -0.05) is 41.1 Å². The normalized spacial score (nSPS) is 18.2. The van der Waals surface area contributed by atoms with Crippen LogP contribution in [0.4, 0.5) is 0 Å². The first-order valence-electron chi connectivity index (χ1n) is 8.01. The summed E-state index contributed by atoms with van der Waals surface area (Å²) in [5.41, 5.74) is 1.02. The van der Waals surface area contributed by atoms with Crippen LogP contribution in [0, 0.1) is 6.92 Å². The average molecular weight is 361 g/mol. The SMILES string of the molecule is Cc1ncc2sc(C(=O)N3CCCCC3c3ccccc3Cl)nn12. The second kappa shape index (κ2) is 6.18. The molecule has 0 bridgehead atoms. The molecule has 1 aromatic carbocycles. The minimum atomic E-state index is -0.0206. The molecule has 4 rings (SSSR count). The van der Waals surface area contributed by atoms with Crippen LogP contribution in [-0.2, 0) is 0 Å². The second-order valence-corrected chi connectivity index (χ2v) is 7.41. The van der Waals surface area contributed by atoms with Gasteiger partial charge in [0.05, 0.1) is 12.2 Å². The van der Waals surface area contributed by atoms with Crippen LogP contribution in [0.3, 0.4) is 0 Å². The highest BCUT2D eigenvalue weighted by atomic mass is 35.5. The number of piperidine rings is 1. The van der Waals surface area contributed by atoms with E-state index in [1.807, 2.05) is 36.1 Å². The number of likely N-dealkylation sites (tertiary alicyclic amines) is 1. The van der Waals surface area contributed by atoms with Gasteiger partial charge in [0.1, 0.15) is 10.7 Å². The van der Waals surface area contributed by atoms with E-state index < -0.39 is 0 Å². The zero-order valence-corrected chi connectivity index (χ0v) is 14.8. The van der Waals surface area contributed by atoms with Gasteiger partial charge in [-0.05, 0) is 37.8 Å². The molecule has 5 nitrogen and oxygen atoms in total. The number of rotatable bonds is 2. The minimum absolute atomic E-state index is 0.0161. The molecule has 0 spiro atoms. The summed E-state index contributed by atoms with van der Waals surface area (Å²) in [6.07, 6.45) is 4.80. The largest absolute Gasteiger partial charge is 0.329 e. The number of imidazole rings is 1. The topological polar surface area (TPSA) is 50.5 Å². The summed E-state index contributed by atoms with van der Waals surface area (Å²) >= 11 is 7.76. The Morgan fingerprint density at radius 2 is 2.17 bits per heavy atom. The first kappa shape index (κ1) is 15.6. The highest BCUT2D eigenvalue weighted by Crippen LogP contribution is 2.36. The number of aryl methyl sites for hydroxylation is 1. The average Bonchev–Trinajstić information content (AvgIpc) is 3.17. The number of aromatic nitrogens is 3. The first-order chi connectivity index (χ1) is 11.6. The van der Waals surface area contributed by atoms with E-state index >= 15 is 0 Å². The van der Waals surface area contributed by atoms with Crippen LogP contribution in [0.15, 0.2) is 30.5 Å². The molecule has 1 unspecified atom stereocenters. The van der Waals surface area contributed by atoms with Gasteiger partial charge in [0, 0.05) is 11.6 Å². The molecule has 0 radical (unpaired) electrons. The molecular weight excluding hydrogens is 344 g/mol. The van der Waals surface area contributed by atoms with E-state index in [-0.39, 0.29) is 11.9 Å². The Morgan fingerprint density at radius 3 is 2.96 bits per heavy atom. The van der Waals surface area contributed by atoms with Gasteiger partial charge < -0.3 is 4.90 Å². The summed E-state index contributed by atoms with van der Waals surface area (Å²) in [5, 5.41) is 5.67. The molecule has 1 saturated heterocycles. The number of halogens is 1. The Morgan fingerprint density at radius 1 is 1.33 bits per heavy atom. The fourth-order valence-electron chi connectivity index (χ4n) is 3.27. The van der Waals surface area contributed by atoms with Gasteiger partial charge in [0.25, 0.3) is 5.91 Å². The lowest BCUT2D eigenvalue weighted by Crippen LogP contribution is -2.38. The van der Waals surface area contributed by atoms with Crippen LogP contribution in [0.25, 0.3) is 4.83 Å². The molecule has 124 valence electrons. The smallest absolute Gasteiger partial charge is 0.285 e. The van der Waals surface area contributed by atoms with Crippen molar-refractivity contribution in [2.45, 2.75) is 32.2 Å². The number of hydrogen-bond acceptors (Lipinski definition) is 4. The van der Waals surface area contributed by atoms with Crippen molar-refractivity contribution >= 4 is 33.7 Å². The summed E-state index contributed by atoms with van der Waals surface area (Å²) in [7, 11) is 0. The van der Waals surface area contributed by atoms with Gasteiger partial charge in [-0.2, -0.15) is 0 Å². The zero-order valence-electron chi connectivity index (χ0n) is 13.3. The van der Waals surface area contributed by atoms with E-state index in [0.29, 0.717) is 5.01 Å².